The minimum absolute atomic E-state index is 0.259. The molecular formula is C7H11N3O3S. The predicted octanol–water partition coefficient (Wildman–Crippen LogP) is -0.236. The van der Waals surface area contributed by atoms with Gasteiger partial charge in [-0.25, -0.2) is 9.89 Å². The zero-order chi connectivity index (χ0) is 10.6. The number of aromatic nitrogens is 3. The summed E-state index contributed by atoms with van der Waals surface area (Å²) < 4.78 is 5.87. The highest BCUT2D eigenvalue weighted by Gasteiger charge is 2.06. The number of carbonyl (C=O) groups excluding carboxylic acids is 1. The minimum atomic E-state index is -0.266. The summed E-state index contributed by atoms with van der Waals surface area (Å²) in [6.07, 6.45) is 0.308. The van der Waals surface area contributed by atoms with Crippen LogP contribution >= 0.6 is 11.8 Å². The number of aromatic amines is 1. The molecule has 1 rings (SSSR count). The molecule has 0 atom stereocenters. The molecule has 0 bridgehead atoms. The number of thioether (sulfide) groups is 1. The fraction of sp³-hybridized carbons (Fsp3) is 0.571. The Morgan fingerprint density at radius 2 is 2.43 bits per heavy atom. The van der Waals surface area contributed by atoms with Crippen LogP contribution in [-0.2, 0) is 16.6 Å². The molecule has 0 radical (unpaired) electrons. The van der Waals surface area contributed by atoms with E-state index < -0.39 is 0 Å². The summed E-state index contributed by atoms with van der Waals surface area (Å²) in [4.78, 5) is 21.7. The van der Waals surface area contributed by atoms with Gasteiger partial charge < -0.3 is 4.74 Å². The van der Waals surface area contributed by atoms with E-state index >= 15 is 0 Å². The Morgan fingerprint density at radius 3 is 2.93 bits per heavy atom. The molecule has 1 heterocycles. The lowest BCUT2D eigenvalue weighted by Crippen LogP contribution is -2.13. The highest BCUT2D eigenvalue weighted by Crippen LogP contribution is 2.12. The van der Waals surface area contributed by atoms with Crippen LogP contribution in [0.1, 0.15) is 6.42 Å². The summed E-state index contributed by atoms with van der Waals surface area (Å²) in [7, 11) is 2.96. The highest BCUT2D eigenvalue weighted by atomic mass is 32.2. The van der Waals surface area contributed by atoms with Crippen LogP contribution in [0.25, 0.3) is 0 Å². The summed E-state index contributed by atoms with van der Waals surface area (Å²) in [5, 5.41) is 6.65. The van der Waals surface area contributed by atoms with Gasteiger partial charge in [0.1, 0.15) is 0 Å². The van der Waals surface area contributed by atoms with E-state index in [0.717, 1.165) is 0 Å². The van der Waals surface area contributed by atoms with Crippen molar-refractivity contribution >= 4 is 17.7 Å². The van der Waals surface area contributed by atoms with Gasteiger partial charge in [0, 0.05) is 12.8 Å². The molecule has 78 valence electrons. The topological polar surface area (TPSA) is 77.0 Å². The van der Waals surface area contributed by atoms with Crippen LogP contribution in [0.5, 0.6) is 0 Å². The second kappa shape index (κ2) is 4.85. The molecule has 7 heteroatoms. The molecule has 0 spiro atoms. The van der Waals surface area contributed by atoms with Gasteiger partial charge >= 0.3 is 11.7 Å². The van der Waals surface area contributed by atoms with E-state index in [2.05, 4.69) is 14.9 Å². The fourth-order valence-electron chi connectivity index (χ4n) is 0.789. The number of nitrogens with zero attached hydrogens (tertiary/aromatic N) is 2. The number of carbonyl (C=O) groups is 1. The number of nitrogens with one attached hydrogen (secondary N) is 1. The van der Waals surface area contributed by atoms with E-state index in [1.54, 1.807) is 7.05 Å². The maximum absolute atomic E-state index is 10.9. The van der Waals surface area contributed by atoms with Gasteiger partial charge in [0.05, 0.1) is 13.5 Å². The summed E-state index contributed by atoms with van der Waals surface area (Å²) in [5.41, 5.74) is -0.259. The summed E-state index contributed by atoms with van der Waals surface area (Å²) in [5.74, 6) is 0.281. The summed E-state index contributed by atoms with van der Waals surface area (Å²) >= 11 is 1.33. The average molecular weight is 217 g/mol. The lowest BCUT2D eigenvalue weighted by atomic mass is 10.5. The smallest absolute Gasteiger partial charge is 0.343 e. The molecule has 0 fully saturated rings. The standard InChI is InChI=1S/C7H11N3O3S/c1-10-6(12)8-9-7(10)14-4-3-5(11)13-2/h3-4H2,1-2H3,(H,8,12). The number of rotatable bonds is 4. The molecule has 0 amide bonds. The highest BCUT2D eigenvalue weighted by molar-refractivity contribution is 7.99. The first-order valence-electron chi connectivity index (χ1n) is 3.96. The summed E-state index contributed by atoms with van der Waals surface area (Å²) in [6.45, 7) is 0. The number of methoxy groups -OCH3 is 1. The van der Waals surface area contributed by atoms with Crippen LogP contribution in [0.2, 0.25) is 0 Å². The zero-order valence-corrected chi connectivity index (χ0v) is 8.76. The Kier molecular flexibility index (Phi) is 3.75. The lowest BCUT2D eigenvalue weighted by molar-refractivity contribution is -0.140. The van der Waals surface area contributed by atoms with Gasteiger partial charge in [0.2, 0.25) is 0 Å². The van der Waals surface area contributed by atoms with Gasteiger partial charge in [-0.2, -0.15) is 0 Å². The normalized spacial score (nSPS) is 10.1. The Hall–Kier alpha value is -1.24. The second-order valence-electron chi connectivity index (χ2n) is 2.54. The third kappa shape index (κ3) is 2.63. The molecule has 0 saturated heterocycles. The molecule has 0 aliphatic heterocycles. The predicted molar refractivity (Wildman–Crippen MR) is 51.2 cm³/mol. The average Bonchev–Trinajstić information content (AvgIpc) is 2.49. The molecule has 0 aliphatic rings. The van der Waals surface area contributed by atoms with Gasteiger partial charge in [-0.3, -0.25) is 9.36 Å². The van der Waals surface area contributed by atoms with Gasteiger partial charge in [-0.15, -0.1) is 5.10 Å². The SMILES string of the molecule is COC(=O)CCSc1n[nH]c(=O)n1C. The van der Waals surface area contributed by atoms with Gasteiger partial charge in [0.25, 0.3) is 0 Å². The van der Waals surface area contributed by atoms with Gasteiger partial charge in [0.15, 0.2) is 5.16 Å². The van der Waals surface area contributed by atoms with Crippen molar-refractivity contribution in [1.29, 1.82) is 0 Å². The quantitative estimate of drug-likeness (QED) is 0.556. The third-order valence-electron chi connectivity index (χ3n) is 1.60. The van der Waals surface area contributed by atoms with Crippen LogP contribution in [0.3, 0.4) is 0 Å². The molecule has 0 aromatic carbocycles. The van der Waals surface area contributed by atoms with E-state index in [1.165, 1.54) is 23.4 Å². The van der Waals surface area contributed by atoms with Gasteiger partial charge in [-0.1, -0.05) is 11.8 Å². The molecule has 0 saturated carbocycles. The van der Waals surface area contributed by atoms with Crippen molar-refractivity contribution in [2.75, 3.05) is 12.9 Å². The van der Waals surface area contributed by atoms with Crippen LogP contribution in [-0.4, -0.2) is 33.6 Å². The van der Waals surface area contributed by atoms with Crippen LogP contribution < -0.4 is 5.69 Å². The largest absolute Gasteiger partial charge is 0.469 e. The van der Waals surface area contributed by atoms with Crippen molar-refractivity contribution in [3.63, 3.8) is 0 Å². The van der Waals surface area contributed by atoms with E-state index in [1.807, 2.05) is 0 Å². The van der Waals surface area contributed by atoms with Gasteiger partial charge in [-0.05, 0) is 0 Å². The van der Waals surface area contributed by atoms with Crippen molar-refractivity contribution in [3.8, 4) is 0 Å². The third-order valence-corrected chi connectivity index (χ3v) is 2.64. The molecule has 6 nitrogen and oxygen atoms in total. The van der Waals surface area contributed by atoms with E-state index in [-0.39, 0.29) is 11.7 Å². The molecule has 14 heavy (non-hydrogen) atoms. The Morgan fingerprint density at radius 1 is 1.71 bits per heavy atom. The Balaban J connectivity index is 2.43. The number of esters is 1. The lowest BCUT2D eigenvalue weighted by Gasteiger charge is -1.98. The molecule has 1 aromatic rings. The molecular weight excluding hydrogens is 206 g/mol. The van der Waals surface area contributed by atoms with Crippen molar-refractivity contribution in [2.45, 2.75) is 11.6 Å². The van der Waals surface area contributed by atoms with Crippen LogP contribution in [0.4, 0.5) is 0 Å². The number of H-pyrrole nitrogens is 1. The maximum atomic E-state index is 10.9. The fourth-order valence-corrected chi connectivity index (χ4v) is 1.63. The molecule has 1 N–H and O–H groups in total. The van der Waals surface area contributed by atoms with Crippen LogP contribution in [0.15, 0.2) is 9.95 Å². The number of hydrogen-bond acceptors (Lipinski definition) is 5. The molecule has 0 unspecified atom stereocenters. The van der Waals surface area contributed by atoms with E-state index in [0.29, 0.717) is 17.3 Å². The molecule has 1 aromatic heterocycles. The maximum Gasteiger partial charge on any atom is 0.343 e. The zero-order valence-electron chi connectivity index (χ0n) is 7.94. The second-order valence-corrected chi connectivity index (χ2v) is 3.61. The van der Waals surface area contributed by atoms with Crippen molar-refractivity contribution in [3.05, 3.63) is 10.5 Å². The monoisotopic (exact) mass is 217 g/mol. The number of hydrogen-bond donors (Lipinski definition) is 1. The van der Waals surface area contributed by atoms with E-state index in [9.17, 15) is 9.59 Å². The molecule has 0 aliphatic carbocycles. The first-order valence-corrected chi connectivity index (χ1v) is 4.94. The first kappa shape index (κ1) is 10.8. The van der Waals surface area contributed by atoms with Crippen molar-refractivity contribution < 1.29 is 9.53 Å². The number of ether oxygens (including phenoxy) is 1. The Labute approximate surface area is 84.6 Å². The minimum Gasteiger partial charge on any atom is -0.469 e. The van der Waals surface area contributed by atoms with Crippen molar-refractivity contribution in [1.82, 2.24) is 14.8 Å². The van der Waals surface area contributed by atoms with E-state index in [4.69, 9.17) is 0 Å². The van der Waals surface area contributed by atoms with Crippen molar-refractivity contribution in [2.24, 2.45) is 7.05 Å². The first-order chi connectivity index (χ1) is 6.65. The summed E-state index contributed by atoms with van der Waals surface area (Å²) in [6, 6.07) is 0. The van der Waals surface area contributed by atoms with Crippen LogP contribution in [0, 0.1) is 0 Å². The Bertz CT molecular complexity index is 371.